The van der Waals surface area contributed by atoms with Gasteiger partial charge in [-0.15, -0.1) is 0 Å². The Labute approximate surface area is 238 Å². The van der Waals surface area contributed by atoms with Gasteiger partial charge < -0.3 is 19.1 Å². The zero-order valence-corrected chi connectivity index (χ0v) is 24.1. The summed E-state index contributed by atoms with van der Waals surface area (Å²) < 4.78 is 19.0. The zero-order valence-electron chi connectivity index (χ0n) is 21.9. The van der Waals surface area contributed by atoms with Gasteiger partial charge in [0.25, 0.3) is 5.91 Å². The van der Waals surface area contributed by atoms with E-state index >= 15 is 0 Å². The van der Waals surface area contributed by atoms with Crippen molar-refractivity contribution in [2.75, 3.05) is 19.8 Å². The van der Waals surface area contributed by atoms with E-state index in [1.807, 2.05) is 72.6 Å². The minimum absolute atomic E-state index is 0.0813. The molecule has 2 aliphatic rings. The molecule has 1 saturated heterocycles. The van der Waals surface area contributed by atoms with Crippen LogP contribution in [0.2, 0.25) is 0 Å². The van der Waals surface area contributed by atoms with Gasteiger partial charge in [-0.05, 0) is 111 Å². The largest absolute Gasteiger partial charge is 0.494 e. The fourth-order valence-corrected chi connectivity index (χ4v) is 5.37. The van der Waals surface area contributed by atoms with Crippen molar-refractivity contribution in [2.24, 2.45) is 4.99 Å². The maximum Gasteiger partial charge on any atom is 0.256 e. The van der Waals surface area contributed by atoms with Crippen LogP contribution in [0.3, 0.4) is 0 Å². The van der Waals surface area contributed by atoms with Crippen LogP contribution in [-0.2, 0) is 0 Å². The Kier molecular flexibility index (Phi) is 8.51. The van der Waals surface area contributed by atoms with Crippen LogP contribution >= 0.6 is 22.6 Å². The van der Waals surface area contributed by atoms with Crippen LogP contribution < -0.4 is 14.2 Å². The van der Waals surface area contributed by atoms with Gasteiger partial charge in [0, 0.05) is 18.8 Å². The normalized spacial score (nSPS) is 16.1. The number of fused-ring (bicyclic) bond motifs is 2. The second-order valence-electron chi connectivity index (χ2n) is 9.89. The molecule has 38 heavy (non-hydrogen) atoms. The van der Waals surface area contributed by atoms with Crippen LogP contribution in [0.5, 0.6) is 23.0 Å². The average molecular weight is 625 g/mol. The molecule has 0 saturated carbocycles. The van der Waals surface area contributed by atoms with Crippen molar-refractivity contribution in [3.63, 3.8) is 0 Å². The number of unbranched alkanes of at least 4 members (excludes halogenated alkanes) is 2. The predicted molar refractivity (Wildman–Crippen MR) is 159 cm³/mol. The van der Waals surface area contributed by atoms with Crippen molar-refractivity contribution in [3.8, 4) is 23.0 Å². The highest BCUT2D eigenvalue weighted by Gasteiger charge is 2.32. The van der Waals surface area contributed by atoms with Gasteiger partial charge in [0.1, 0.15) is 23.0 Å². The molecule has 0 bridgehead atoms. The number of carbonyl (C=O) groups excluding carboxylic acids is 1. The molecule has 2 heterocycles. The molecular formula is C31H33IN2O4. The van der Waals surface area contributed by atoms with Gasteiger partial charge in [-0.3, -0.25) is 9.79 Å². The number of benzene rings is 3. The lowest BCUT2D eigenvalue weighted by atomic mass is 10.1. The summed E-state index contributed by atoms with van der Waals surface area (Å²) in [6.07, 6.45) is 6.82. The molecule has 5 rings (SSSR count). The molecule has 6 nitrogen and oxygen atoms in total. The molecule has 0 aliphatic carbocycles. The highest BCUT2D eigenvalue weighted by Crippen LogP contribution is 2.34. The standard InChI is InChI=1S/C31H33IN2O4/c1-21-8-10-24(11-9-21)38-29-13-12-25(18-27(29)32)36-15-4-3-5-16-37-30-19-28-26(17-22(30)2)31(35)34-14-6-7-23(34)20-33-28/h8-13,17-20,23H,3-7,14-16H2,1-2H3/t23-/m0/s1. The van der Waals surface area contributed by atoms with Gasteiger partial charge >= 0.3 is 0 Å². The molecular weight excluding hydrogens is 591 g/mol. The van der Waals surface area contributed by atoms with E-state index in [0.29, 0.717) is 24.5 Å². The summed E-state index contributed by atoms with van der Waals surface area (Å²) in [6, 6.07) is 17.9. The van der Waals surface area contributed by atoms with Gasteiger partial charge in [-0.25, -0.2) is 0 Å². The fraction of sp³-hybridized carbons (Fsp3) is 0.355. The van der Waals surface area contributed by atoms with E-state index in [-0.39, 0.29) is 11.9 Å². The van der Waals surface area contributed by atoms with Crippen LogP contribution in [0, 0.1) is 17.4 Å². The number of aryl methyl sites for hydroxylation is 2. The van der Waals surface area contributed by atoms with Crippen LogP contribution in [0.4, 0.5) is 5.69 Å². The van der Waals surface area contributed by atoms with Crippen molar-refractivity contribution >= 4 is 40.4 Å². The van der Waals surface area contributed by atoms with Crippen LogP contribution in [0.25, 0.3) is 0 Å². The van der Waals surface area contributed by atoms with Crippen LogP contribution in [0.1, 0.15) is 53.6 Å². The zero-order chi connectivity index (χ0) is 26.5. The van der Waals surface area contributed by atoms with Crippen LogP contribution in [0.15, 0.2) is 59.6 Å². The molecule has 1 amide bonds. The smallest absolute Gasteiger partial charge is 0.256 e. The van der Waals surface area contributed by atoms with Gasteiger partial charge in [0.15, 0.2) is 0 Å². The van der Waals surface area contributed by atoms with Gasteiger partial charge in [0.05, 0.1) is 34.1 Å². The Morgan fingerprint density at radius 3 is 2.47 bits per heavy atom. The Morgan fingerprint density at radius 2 is 1.68 bits per heavy atom. The Morgan fingerprint density at radius 1 is 0.921 bits per heavy atom. The van der Waals surface area contributed by atoms with Crippen molar-refractivity contribution in [2.45, 2.75) is 52.0 Å². The first-order chi connectivity index (χ1) is 18.5. The lowest BCUT2D eigenvalue weighted by molar-refractivity contribution is 0.0774. The second-order valence-corrected chi connectivity index (χ2v) is 11.0. The summed E-state index contributed by atoms with van der Waals surface area (Å²) in [7, 11) is 0. The SMILES string of the molecule is Cc1ccc(Oc2ccc(OCCCCCOc3cc4c(cc3C)C(=O)N3CCC[C@H]3C=N4)cc2I)cc1. The summed E-state index contributed by atoms with van der Waals surface area (Å²) in [5.41, 5.74) is 3.57. The first-order valence-electron chi connectivity index (χ1n) is 13.3. The molecule has 2 aliphatic heterocycles. The van der Waals surface area contributed by atoms with E-state index in [2.05, 4.69) is 34.5 Å². The summed E-state index contributed by atoms with van der Waals surface area (Å²) in [6.45, 7) is 6.13. The van der Waals surface area contributed by atoms with Gasteiger partial charge in [-0.1, -0.05) is 17.7 Å². The number of aliphatic imine (C=N–C) groups is 1. The average Bonchev–Trinajstić information content (AvgIpc) is 3.34. The summed E-state index contributed by atoms with van der Waals surface area (Å²) in [5, 5.41) is 0. The number of halogens is 1. The predicted octanol–water partition coefficient (Wildman–Crippen LogP) is 7.65. The molecule has 0 N–H and O–H groups in total. The van der Waals surface area contributed by atoms with Gasteiger partial charge in [0.2, 0.25) is 0 Å². The van der Waals surface area contributed by atoms with E-state index in [0.717, 1.165) is 70.8 Å². The highest BCUT2D eigenvalue weighted by atomic mass is 127. The topological polar surface area (TPSA) is 60.4 Å². The molecule has 3 aromatic carbocycles. The van der Waals surface area contributed by atoms with Crippen molar-refractivity contribution < 1.29 is 19.0 Å². The quantitative estimate of drug-likeness (QED) is 0.172. The molecule has 1 fully saturated rings. The van der Waals surface area contributed by atoms with E-state index in [1.165, 1.54) is 5.56 Å². The van der Waals surface area contributed by atoms with Crippen LogP contribution in [-0.4, -0.2) is 42.8 Å². The number of carbonyl (C=O) groups is 1. The third kappa shape index (κ3) is 6.31. The first-order valence-corrected chi connectivity index (χ1v) is 14.4. The molecule has 0 spiro atoms. The molecule has 0 radical (unpaired) electrons. The number of rotatable bonds is 10. The highest BCUT2D eigenvalue weighted by molar-refractivity contribution is 14.1. The molecule has 0 aromatic heterocycles. The molecule has 1 atom stereocenters. The lowest BCUT2D eigenvalue weighted by Gasteiger charge is -2.20. The van der Waals surface area contributed by atoms with Crippen molar-refractivity contribution in [1.82, 2.24) is 4.90 Å². The Balaban J connectivity index is 1.05. The van der Waals surface area contributed by atoms with Gasteiger partial charge in [-0.2, -0.15) is 0 Å². The van der Waals surface area contributed by atoms with Crippen molar-refractivity contribution in [1.29, 1.82) is 0 Å². The Bertz CT molecular complexity index is 1320. The molecule has 0 unspecified atom stereocenters. The fourth-order valence-electron chi connectivity index (χ4n) is 4.77. The number of nitrogens with zero attached hydrogens (tertiary/aromatic N) is 2. The second kappa shape index (κ2) is 12.2. The monoisotopic (exact) mass is 624 g/mol. The molecule has 198 valence electrons. The minimum Gasteiger partial charge on any atom is -0.494 e. The third-order valence-electron chi connectivity index (χ3n) is 6.94. The van der Waals surface area contributed by atoms with Crippen molar-refractivity contribution in [3.05, 3.63) is 74.9 Å². The minimum atomic E-state index is 0.0813. The summed E-state index contributed by atoms with van der Waals surface area (Å²) in [5.74, 6) is 3.37. The number of amides is 1. The van der Waals surface area contributed by atoms with E-state index in [9.17, 15) is 4.79 Å². The molecule has 3 aromatic rings. The maximum atomic E-state index is 13.0. The lowest BCUT2D eigenvalue weighted by Crippen LogP contribution is -2.35. The first kappa shape index (κ1) is 26.5. The number of hydrogen-bond acceptors (Lipinski definition) is 5. The van der Waals surface area contributed by atoms with E-state index < -0.39 is 0 Å². The Hall–Kier alpha value is -3.07. The number of hydrogen-bond donors (Lipinski definition) is 0. The maximum absolute atomic E-state index is 13.0. The molecule has 7 heteroatoms. The van der Waals surface area contributed by atoms with E-state index in [4.69, 9.17) is 14.2 Å². The third-order valence-corrected chi connectivity index (χ3v) is 7.78. The van der Waals surface area contributed by atoms with E-state index in [1.54, 1.807) is 0 Å². The summed E-state index contributed by atoms with van der Waals surface area (Å²) >= 11 is 2.28. The number of ether oxygens (including phenoxy) is 3. The summed E-state index contributed by atoms with van der Waals surface area (Å²) in [4.78, 5) is 19.5.